The fourth-order valence-corrected chi connectivity index (χ4v) is 3.94. The summed E-state index contributed by atoms with van der Waals surface area (Å²) in [6.07, 6.45) is 1.94. The zero-order valence-electron chi connectivity index (χ0n) is 15.0. The van der Waals surface area contributed by atoms with E-state index in [4.69, 9.17) is 4.74 Å². The predicted octanol–water partition coefficient (Wildman–Crippen LogP) is 4.39. The Hall–Kier alpha value is -2.73. The summed E-state index contributed by atoms with van der Waals surface area (Å²) in [6.45, 7) is 5.70. The molecule has 0 saturated carbocycles. The Morgan fingerprint density at radius 2 is 1.70 bits per heavy atom. The van der Waals surface area contributed by atoms with Gasteiger partial charge in [-0.25, -0.2) is 4.79 Å². The molecule has 1 amide bonds. The van der Waals surface area contributed by atoms with Crippen LogP contribution in [-0.2, 0) is 4.79 Å². The molecule has 6 heteroatoms. The normalized spacial score (nSPS) is 16.9. The summed E-state index contributed by atoms with van der Waals surface area (Å²) < 4.78 is 6.34. The van der Waals surface area contributed by atoms with E-state index >= 15 is 0 Å². The number of hydrogen-bond acceptors (Lipinski definition) is 4. The molecule has 136 valence electrons. The summed E-state index contributed by atoms with van der Waals surface area (Å²) >= 11 is 3.32. The van der Waals surface area contributed by atoms with E-state index in [0.717, 1.165) is 15.6 Å². The van der Waals surface area contributed by atoms with E-state index in [0.29, 0.717) is 11.3 Å². The van der Waals surface area contributed by atoms with Crippen molar-refractivity contribution in [2.45, 2.75) is 26.3 Å². The molecule has 0 saturated heterocycles. The topological polar surface area (TPSA) is 63.7 Å². The van der Waals surface area contributed by atoms with Crippen LogP contribution in [0, 0.1) is 0 Å². The molecule has 4 rings (SSSR count). The molecule has 0 radical (unpaired) electrons. The maximum absolute atomic E-state index is 12.5. The van der Waals surface area contributed by atoms with Crippen LogP contribution in [0.5, 0.6) is 5.75 Å². The summed E-state index contributed by atoms with van der Waals surface area (Å²) in [6, 6.07) is 9.97. The zero-order chi connectivity index (χ0) is 19.5. The Labute approximate surface area is 164 Å². The molecule has 2 aliphatic heterocycles. The fourth-order valence-electron chi connectivity index (χ4n) is 3.67. The lowest BCUT2D eigenvalue weighted by Crippen LogP contribution is -2.47. The first-order chi connectivity index (χ1) is 12.7. The second-order valence-electron chi connectivity index (χ2n) is 7.21. The Morgan fingerprint density at radius 3 is 2.37 bits per heavy atom. The van der Waals surface area contributed by atoms with Crippen molar-refractivity contribution in [3.63, 3.8) is 0 Å². The largest absolute Gasteiger partial charge is 0.423 e. The monoisotopic (exact) mass is 425 g/mol. The molecule has 2 aromatic carbocycles. The number of amides is 1. The van der Waals surface area contributed by atoms with Gasteiger partial charge in [0.2, 0.25) is 0 Å². The molecule has 0 unspecified atom stereocenters. The van der Waals surface area contributed by atoms with Crippen LogP contribution in [0.1, 0.15) is 47.1 Å². The minimum atomic E-state index is -0.593. The Kier molecular flexibility index (Phi) is 3.85. The van der Waals surface area contributed by atoms with Crippen molar-refractivity contribution in [2.24, 2.45) is 0 Å². The van der Waals surface area contributed by atoms with Crippen molar-refractivity contribution in [2.75, 3.05) is 4.90 Å². The summed E-state index contributed by atoms with van der Waals surface area (Å²) in [4.78, 5) is 39.0. The van der Waals surface area contributed by atoms with Gasteiger partial charge in [0, 0.05) is 10.0 Å². The Balaban J connectivity index is 1.78. The number of carbonyl (C=O) groups is 3. The maximum Gasteiger partial charge on any atom is 0.343 e. The average Bonchev–Trinajstić information content (AvgIpc) is 2.86. The van der Waals surface area contributed by atoms with Crippen LogP contribution >= 0.6 is 15.9 Å². The molecule has 0 atom stereocenters. The van der Waals surface area contributed by atoms with Gasteiger partial charge in [0.15, 0.2) is 0 Å². The van der Waals surface area contributed by atoms with Gasteiger partial charge < -0.3 is 4.74 Å². The highest BCUT2D eigenvalue weighted by molar-refractivity contribution is 9.10. The van der Waals surface area contributed by atoms with Gasteiger partial charge in [-0.05, 0) is 62.7 Å². The van der Waals surface area contributed by atoms with Crippen LogP contribution in [0.2, 0.25) is 0 Å². The average molecular weight is 426 g/mol. The number of allylic oxidation sites excluding steroid dienone is 1. The lowest BCUT2D eigenvalue weighted by Gasteiger charge is -2.38. The lowest BCUT2D eigenvalue weighted by molar-refractivity contribution is -0.115. The standard InChI is InChI=1S/C21H16BrNO4/c1-11-10-21(2,3)23-17-15(11)8-14(9-16(17)18(24)19(23)25)27-20(26)12-4-6-13(22)7-5-12/h4-10H,1-3H3. The first-order valence-electron chi connectivity index (χ1n) is 8.43. The number of carbonyl (C=O) groups excluding carboxylic acids is 3. The Bertz CT molecular complexity index is 1050. The fraction of sp³-hybridized carbons (Fsp3) is 0.190. The van der Waals surface area contributed by atoms with Crippen LogP contribution in [0.15, 0.2) is 46.9 Å². The van der Waals surface area contributed by atoms with Gasteiger partial charge in [-0.2, -0.15) is 0 Å². The summed E-state index contributed by atoms with van der Waals surface area (Å²) in [5.74, 6) is -1.42. The minimum Gasteiger partial charge on any atom is -0.423 e. The van der Waals surface area contributed by atoms with Crippen molar-refractivity contribution in [3.8, 4) is 5.75 Å². The number of halogens is 1. The van der Waals surface area contributed by atoms with Crippen molar-refractivity contribution >= 4 is 44.9 Å². The van der Waals surface area contributed by atoms with E-state index in [-0.39, 0.29) is 11.3 Å². The highest BCUT2D eigenvalue weighted by atomic mass is 79.9. The van der Waals surface area contributed by atoms with Crippen molar-refractivity contribution in [3.05, 3.63) is 63.6 Å². The first kappa shape index (κ1) is 17.7. The molecular weight excluding hydrogens is 410 g/mol. The van der Waals surface area contributed by atoms with Crippen LogP contribution < -0.4 is 9.64 Å². The van der Waals surface area contributed by atoms with E-state index in [1.54, 1.807) is 30.3 Å². The quantitative estimate of drug-likeness (QED) is 0.406. The number of ketones is 1. The second kappa shape index (κ2) is 5.89. The highest BCUT2D eigenvalue weighted by Crippen LogP contribution is 2.46. The number of hydrogen-bond donors (Lipinski definition) is 0. The van der Waals surface area contributed by atoms with Crippen LogP contribution in [0.25, 0.3) is 5.57 Å². The van der Waals surface area contributed by atoms with E-state index < -0.39 is 23.2 Å². The molecule has 0 bridgehead atoms. The number of nitrogens with zero attached hydrogens (tertiary/aromatic N) is 1. The summed E-state index contributed by atoms with van der Waals surface area (Å²) in [5, 5.41) is 0. The summed E-state index contributed by atoms with van der Waals surface area (Å²) in [7, 11) is 0. The number of ether oxygens (including phenoxy) is 1. The molecule has 0 N–H and O–H groups in total. The van der Waals surface area contributed by atoms with Crippen LogP contribution in [0.4, 0.5) is 5.69 Å². The molecule has 2 aliphatic rings. The van der Waals surface area contributed by atoms with Crippen molar-refractivity contribution in [1.29, 1.82) is 0 Å². The number of anilines is 1. The van der Waals surface area contributed by atoms with Crippen molar-refractivity contribution < 1.29 is 19.1 Å². The number of esters is 1. The smallest absolute Gasteiger partial charge is 0.343 e. The first-order valence-corrected chi connectivity index (χ1v) is 9.23. The zero-order valence-corrected chi connectivity index (χ0v) is 16.6. The van der Waals surface area contributed by atoms with Gasteiger partial charge in [0.05, 0.1) is 22.4 Å². The lowest BCUT2D eigenvalue weighted by atomic mass is 9.89. The van der Waals surface area contributed by atoms with E-state index in [1.165, 1.54) is 11.0 Å². The molecule has 0 fully saturated rings. The number of benzene rings is 2. The molecule has 0 spiro atoms. The molecule has 5 nitrogen and oxygen atoms in total. The molecule has 27 heavy (non-hydrogen) atoms. The highest BCUT2D eigenvalue weighted by Gasteiger charge is 2.47. The third kappa shape index (κ3) is 2.72. The van der Waals surface area contributed by atoms with Gasteiger partial charge in [-0.1, -0.05) is 22.0 Å². The van der Waals surface area contributed by atoms with E-state index in [9.17, 15) is 14.4 Å². The van der Waals surface area contributed by atoms with Gasteiger partial charge in [0.25, 0.3) is 11.7 Å². The molecule has 2 aromatic rings. The van der Waals surface area contributed by atoms with Gasteiger partial charge in [-0.15, -0.1) is 0 Å². The third-order valence-corrected chi connectivity index (χ3v) is 5.34. The summed E-state index contributed by atoms with van der Waals surface area (Å²) in [5.41, 5.74) is 2.33. The number of rotatable bonds is 2. The molecular formula is C21H16BrNO4. The van der Waals surface area contributed by atoms with Crippen LogP contribution in [0.3, 0.4) is 0 Å². The van der Waals surface area contributed by atoms with Gasteiger partial charge >= 0.3 is 5.97 Å². The van der Waals surface area contributed by atoms with Gasteiger partial charge in [0.1, 0.15) is 5.75 Å². The predicted molar refractivity (Wildman–Crippen MR) is 105 cm³/mol. The SMILES string of the molecule is CC1=CC(C)(C)N2C(=O)C(=O)c3cc(OC(=O)c4ccc(Br)cc4)cc1c32. The van der Waals surface area contributed by atoms with Crippen molar-refractivity contribution in [1.82, 2.24) is 0 Å². The second-order valence-corrected chi connectivity index (χ2v) is 8.13. The van der Waals surface area contributed by atoms with E-state index in [1.807, 2.05) is 26.8 Å². The van der Waals surface area contributed by atoms with E-state index in [2.05, 4.69) is 15.9 Å². The van der Waals surface area contributed by atoms with Crippen LogP contribution in [-0.4, -0.2) is 23.2 Å². The maximum atomic E-state index is 12.5. The number of Topliss-reactive ketones (excluding diaryl/α,β-unsaturated/α-hetero) is 1. The van der Waals surface area contributed by atoms with Gasteiger partial charge in [-0.3, -0.25) is 14.5 Å². The third-order valence-electron chi connectivity index (χ3n) is 4.81. The minimum absolute atomic E-state index is 0.243. The molecule has 2 heterocycles. The molecule has 0 aromatic heterocycles. The Morgan fingerprint density at radius 1 is 1.07 bits per heavy atom. The molecule has 0 aliphatic carbocycles.